The molecule has 1 fully saturated rings. The Hall–Kier alpha value is -2.34. The fourth-order valence-electron chi connectivity index (χ4n) is 3.83. The van der Waals surface area contributed by atoms with Crippen LogP contribution in [0.2, 0.25) is 0 Å². The number of aromatic nitrogens is 2. The van der Waals surface area contributed by atoms with Gasteiger partial charge >= 0.3 is 0 Å². The first kappa shape index (κ1) is 21.4. The van der Waals surface area contributed by atoms with Gasteiger partial charge in [0.1, 0.15) is 23.7 Å². The molecule has 0 aliphatic carbocycles. The van der Waals surface area contributed by atoms with Crippen molar-refractivity contribution in [3.63, 3.8) is 0 Å². The lowest BCUT2D eigenvalue weighted by Gasteiger charge is -2.38. The van der Waals surface area contributed by atoms with Crippen molar-refractivity contribution in [1.29, 1.82) is 0 Å². The summed E-state index contributed by atoms with van der Waals surface area (Å²) in [6.07, 6.45) is 2.20. The van der Waals surface area contributed by atoms with Crippen molar-refractivity contribution in [2.24, 2.45) is 13.0 Å². The van der Waals surface area contributed by atoms with Gasteiger partial charge in [0.05, 0.1) is 12.2 Å². The van der Waals surface area contributed by atoms with Crippen LogP contribution in [0.4, 0.5) is 0 Å². The van der Waals surface area contributed by atoms with E-state index in [4.69, 9.17) is 4.74 Å². The van der Waals surface area contributed by atoms with Crippen molar-refractivity contribution >= 4 is 5.91 Å². The van der Waals surface area contributed by atoms with Crippen molar-refractivity contribution in [2.45, 2.75) is 52.6 Å². The molecule has 1 unspecified atom stereocenters. The van der Waals surface area contributed by atoms with Crippen LogP contribution in [0.1, 0.15) is 54.0 Å². The highest BCUT2D eigenvalue weighted by molar-refractivity contribution is 5.92. The molecule has 29 heavy (non-hydrogen) atoms. The summed E-state index contributed by atoms with van der Waals surface area (Å²) in [5.74, 6) is 1.14. The van der Waals surface area contributed by atoms with E-state index in [1.165, 1.54) is 5.56 Å². The molecule has 0 radical (unpaired) electrons. The number of ether oxygens (including phenoxy) is 1. The lowest BCUT2D eigenvalue weighted by molar-refractivity contribution is -0.0534. The third kappa shape index (κ3) is 5.18. The summed E-state index contributed by atoms with van der Waals surface area (Å²) >= 11 is 0. The first-order chi connectivity index (χ1) is 13.7. The van der Waals surface area contributed by atoms with Gasteiger partial charge in [-0.3, -0.25) is 9.48 Å². The van der Waals surface area contributed by atoms with Crippen LogP contribution in [0, 0.1) is 19.8 Å². The van der Waals surface area contributed by atoms with Gasteiger partial charge in [0.2, 0.25) is 0 Å². The van der Waals surface area contributed by atoms with Crippen LogP contribution in [0.5, 0.6) is 5.75 Å². The van der Waals surface area contributed by atoms with Gasteiger partial charge in [-0.1, -0.05) is 19.9 Å². The second-order valence-corrected chi connectivity index (χ2v) is 8.83. The fourth-order valence-corrected chi connectivity index (χ4v) is 3.83. The topological polar surface area (TPSA) is 67.6 Å². The molecule has 1 aromatic carbocycles. The zero-order chi connectivity index (χ0) is 21.2. The Kier molecular flexibility index (Phi) is 6.32. The van der Waals surface area contributed by atoms with Gasteiger partial charge < -0.3 is 14.7 Å². The third-order valence-corrected chi connectivity index (χ3v) is 5.60. The van der Waals surface area contributed by atoms with E-state index in [2.05, 4.69) is 25.9 Å². The number of hydrogen-bond acceptors (Lipinski definition) is 4. The molecule has 158 valence electrons. The first-order valence-corrected chi connectivity index (χ1v) is 10.4. The van der Waals surface area contributed by atoms with Crippen LogP contribution in [-0.4, -0.2) is 51.0 Å². The van der Waals surface area contributed by atoms with E-state index in [9.17, 15) is 9.90 Å². The van der Waals surface area contributed by atoms with Crippen molar-refractivity contribution < 1.29 is 14.6 Å². The summed E-state index contributed by atoms with van der Waals surface area (Å²) in [5, 5.41) is 15.6. The van der Waals surface area contributed by atoms with E-state index in [1.54, 1.807) is 16.6 Å². The highest BCUT2D eigenvalue weighted by Crippen LogP contribution is 2.25. The van der Waals surface area contributed by atoms with Gasteiger partial charge in [-0.2, -0.15) is 5.10 Å². The number of piperidine rings is 1. The molecule has 3 rings (SSSR count). The quantitative estimate of drug-likeness (QED) is 0.809. The predicted octanol–water partition coefficient (Wildman–Crippen LogP) is 3.28. The summed E-state index contributed by atoms with van der Waals surface area (Å²) in [5.41, 5.74) is 2.81. The monoisotopic (exact) mass is 399 g/mol. The number of rotatable bonds is 6. The van der Waals surface area contributed by atoms with E-state index in [0.29, 0.717) is 24.6 Å². The maximum Gasteiger partial charge on any atom is 0.272 e. The standard InChI is InChI=1S/C23H33N3O3/c1-16(2)11-19-13-21(25(5)24-19)22(27)26-10-6-9-23(28,14-26)15-29-20-8-7-17(3)18(4)12-20/h7-8,12-13,16,28H,6,9-11,14-15H2,1-5H3. The smallest absolute Gasteiger partial charge is 0.272 e. The van der Waals surface area contributed by atoms with Crippen LogP contribution in [0.3, 0.4) is 0 Å². The summed E-state index contributed by atoms with van der Waals surface area (Å²) < 4.78 is 7.54. The number of carbonyl (C=O) groups is 1. The van der Waals surface area contributed by atoms with E-state index in [1.807, 2.05) is 31.2 Å². The molecule has 6 nitrogen and oxygen atoms in total. The van der Waals surface area contributed by atoms with Gasteiger partial charge in [-0.05, 0) is 68.4 Å². The SMILES string of the molecule is Cc1ccc(OCC2(O)CCCN(C(=O)c3cc(CC(C)C)nn3C)C2)cc1C. The molecule has 1 aromatic heterocycles. The van der Waals surface area contributed by atoms with Crippen LogP contribution in [-0.2, 0) is 13.5 Å². The minimum absolute atomic E-state index is 0.0840. The minimum atomic E-state index is -1.05. The summed E-state index contributed by atoms with van der Waals surface area (Å²) in [6, 6.07) is 7.80. The lowest BCUT2D eigenvalue weighted by atomic mass is 9.93. The number of nitrogens with zero attached hydrogens (tertiary/aromatic N) is 3. The molecule has 1 saturated heterocycles. The molecule has 0 spiro atoms. The maximum absolute atomic E-state index is 13.1. The Morgan fingerprint density at radius 3 is 2.72 bits per heavy atom. The van der Waals surface area contributed by atoms with Gasteiger partial charge in [-0.25, -0.2) is 0 Å². The van der Waals surface area contributed by atoms with Gasteiger partial charge in [0, 0.05) is 13.6 Å². The summed E-state index contributed by atoms with van der Waals surface area (Å²) in [4.78, 5) is 14.8. The van der Waals surface area contributed by atoms with E-state index in [0.717, 1.165) is 29.8 Å². The van der Waals surface area contributed by atoms with Crippen molar-refractivity contribution in [3.8, 4) is 5.75 Å². The summed E-state index contributed by atoms with van der Waals surface area (Å²) in [7, 11) is 1.80. The van der Waals surface area contributed by atoms with Crippen LogP contribution < -0.4 is 4.74 Å². The van der Waals surface area contributed by atoms with E-state index >= 15 is 0 Å². The molecule has 6 heteroatoms. The molecule has 1 atom stereocenters. The Labute approximate surface area is 173 Å². The zero-order valence-electron chi connectivity index (χ0n) is 18.2. The van der Waals surface area contributed by atoms with Gasteiger partial charge in [0.25, 0.3) is 5.91 Å². The minimum Gasteiger partial charge on any atom is -0.491 e. The van der Waals surface area contributed by atoms with Gasteiger partial charge in [-0.15, -0.1) is 0 Å². The first-order valence-electron chi connectivity index (χ1n) is 10.4. The number of β-amino-alcohol motifs (C(OH)–C–C–N with tert-alkyl or cyclic N) is 1. The maximum atomic E-state index is 13.1. The molecule has 2 heterocycles. The zero-order valence-corrected chi connectivity index (χ0v) is 18.2. The molecular weight excluding hydrogens is 366 g/mol. The highest BCUT2D eigenvalue weighted by atomic mass is 16.5. The number of aryl methyl sites for hydroxylation is 3. The normalized spacial score (nSPS) is 19.6. The average molecular weight is 400 g/mol. The Balaban J connectivity index is 1.66. The third-order valence-electron chi connectivity index (χ3n) is 5.60. The molecule has 1 amide bonds. The molecular formula is C23H33N3O3. The number of amides is 1. The molecule has 1 aliphatic rings. The Morgan fingerprint density at radius 1 is 1.28 bits per heavy atom. The molecule has 0 saturated carbocycles. The second-order valence-electron chi connectivity index (χ2n) is 8.83. The van der Waals surface area contributed by atoms with Crippen LogP contribution >= 0.6 is 0 Å². The fraction of sp³-hybridized carbons (Fsp3) is 0.565. The predicted molar refractivity (Wildman–Crippen MR) is 113 cm³/mol. The van der Waals surface area contributed by atoms with Crippen LogP contribution in [0.25, 0.3) is 0 Å². The number of likely N-dealkylation sites (tertiary alicyclic amines) is 1. The highest BCUT2D eigenvalue weighted by Gasteiger charge is 2.37. The average Bonchev–Trinajstić information content (AvgIpc) is 3.01. The molecule has 2 aromatic rings. The van der Waals surface area contributed by atoms with Crippen molar-refractivity contribution in [2.75, 3.05) is 19.7 Å². The molecule has 1 N–H and O–H groups in total. The lowest BCUT2D eigenvalue weighted by Crippen LogP contribution is -2.53. The van der Waals surface area contributed by atoms with Crippen molar-refractivity contribution in [3.05, 3.63) is 46.8 Å². The summed E-state index contributed by atoms with van der Waals surface area (Å²) in [6.45, 7) is 9.44. The Morgan fingerprint density at radius 2 is 2.03 bits per heavy atom. The Bertz CT molecular complexity index is 874. The van der Waals surface area contributed by atoms with Crippen LogP contribution in [0.15, 0.2) is 24.3 Å². The van der Waals surface area contributed by atoms with Gasteiger partial charge in [0.15, 0.2) is 0 Å². The number of carbonyl (C=O) groups excluding carboxylic acids is 1. The molecule has 1 aliphatic heterocycles. The second kappa shape index (κ2) is 8.57. The van der Waals surface area contributed by atoms with E-state index in [-0.39, 0.29) is 19.1 Å². The van der Waals surface area contributed by atoms with E-state index < -0.39 is 5.60 Å². The number of aliphatic hydroxyl groups is 1. The number of hydrogen-bond donors (Lipinski definition) is 1. The number of benzene rings is 1. The largest absolute Gasteiger partial charge is 0.491 e. The van der Waals surface area contributed by atoms with Crippen molar-refractivity contribution in [1.82, 2.24) is 14.7 Å². The molecule has 0 bridgehead atoms.